The van der Waals surface area contributed by atoms with Gasteiger partial charge in [-0.2, -0.15) is 5.26 Å². The van der Waals surface area contributed by atoms with Crippen LogP contribution < -0.4 is 5.32 Å². The van der Waals surface area contributed by atoms with Crippen LogP contribution in [0.5, 0.6) is 0 Å². The highest BCUT2D eigenvalue weighted by atomic mass is 16.5. The van der Waals surface area contributed by atoms with E-state index in [0.717, 1.165) is 26.0 Å². The van der Waals surface area contributed by atoms with E-state index in [-0.39, 0.29) is 11.5 Å². The zero-order valence-electron chi connectivity index (χ0n) is 8.47. The van der Waals surface area contributed by atoms with Gasteiger partial charge in [0.15, 0.2) is 0 Å². The zero-order chi connectivity index (χ0) is 9.73. The van der Waals surface area contributed by atoms with Crippen molar-refractivity contribution in [3.63, 3.8) is 0 Å². The van der Waals surface area contributed by atoms with E-state index in [1.54, 1.807) is 0 Å². The Morgan fingerprint density at radius 3 is 2.77 bits per heavy atom. The summed E-state index contributed by atoms with van der Waals surface area (Å²) in [6.45, 7) is 3.69. The lowest BCUT2D eigenvalue weighted by Crippen LogP contribution is -2.26. The topological polar surface area (TPSA) is 45.0 Å². The number of hydrogen-bond acceptors (Lipinski definition) is 3. The lowest BCUT2D eigenvalue weighted by molar-refractivity contribution is 0.0352. The van der Waals surface area contributed by atoms with Crippen LogP contribution in [-0.2, 0) is 4.74 Å². The molecule has 3 heteroatoms. The van der Waals surface area contributed by atoms with Gasteiger partial charge in [-0.25, -0.2) is 0 Å². The Bertz CT molecular complexity index is 194. The van der Waals surface area contributed by atoms with Crippen LogP contribution in [0.2, 0.25) is 0 Å². The van der Waals surface area contributed by atoms with E-state index in [0.29, 0.717) is 6.42 Å². The average Bonchev–Trinajstić information content (AvgIpc) is 2.84. The van der Waals surface area contributed by atoms with Crippen molar-refractivity contribution in [2.24, 2.45) is 5.41 Å². The fourth-order valence-corrected chi connectivity index (χ4v) is 1.38. The van der Waals surface area contributed by atoms with Gasteiger partial charge < -0.3 is 10.1 Å². The number of hydrogen-bond donors (Lipinski definition) is 1. The number of ether oxygens (including phenoxy) is 1. The molecule has 74 valence electrons. The van der Waals surface area contributed by atoms with Crippen LogP contribution in [-0.4, -0.2) is 26.3 Å². The molecule has 0 radical (unpaired) electrons. The fourth-order valence-electron chi connectivity index (χ4n) is 1.38. The van der Waals surface area contributed by atoms with Crippen LogP contribution in [0.15, 0.2) is 0 Å². The van der Waals surface area contributed by atoms with Crippen molar-refractivity contribution in [2.45, 2.75) is 32.3 Å². The Hall–Kier alpha value is -0.590. The first kappa shape index (κ1) is 10.5. The molecule has 13 heavy (non-hydrogen) atoms. The van der Waals surface area contributed by atoms with Crippen molar-refractivity contribution in [2.75, 3.05) is 20.2 Å². The van der Waals surface area contributed by atoms with Crippen molar-refractivity contribution in [1.29, 1.82) is 5.26 Å². The van der Waals surface area contributed by atoms with Crippen LogP contribution >= 0.6 is 0 Å². The molecule has 1 N–H and O–H groups in total. The number of nitriles is 1. The minimum Gasteiger partial charge on any atom is -0.377 e. The molecule has 1 fully saturated rings. The SMILES string of the molecule is CNCC(C)OCC1(CC#N)CC1. The van der Waals surface area contributed by atoms with E-state index in [1.807, 2.05) is 7.05 Å². The first-order valence-corrected chi connectivity index (χ1v) is 4.85. The number of nitrogens with one attached hydrogen (secondary N) is 1. The molecule has 0 saturated heterocycles. The molecule has 0 aliphatic heterocycles. The summed E-state index contributed by atoms with van der Waals surface area (Å²) < 4.78 is 5.65. The van der Waals surface area contributed by atoms with Gasteiger partial charge in [-0.1, -0.05) is 0 Å². The van der Waals surface area contributed by atoms with Gasteiger partial charge in [0.1, 0.15) is 0 Å². The molecular formula is C10H18N2O. The normalized spacial score (nSPS) is 20.7. The third kappa shape index (κ3) is 3.33. The van der Waals surface area contributed by atoms with Gasteiger partial charge >= 0.3 is 0 Å². The third-order valence-corrected chi connectivity index (χ3v) is 2.58. The maximum absolute atomic E-state index is 8.59. The van der Waals surface area contributed by atoms with Crippen molar-refractivity contribution in [3.05, 3.63) is 0 Å². The molecule has 1 unspecified atom stereocenters. The van der Waals surface area contributed by atoms with Crippen molar-refractivity contribution in [3.8, 4) is 6.07 Å². The second kappa shape index (κ2) is 4.59. The fraction of sp³-hybridized carbons (Fsp3) is 0.900. The van der Waals surface area contributed by atoms with Gasteiger partial charge in [0.2, 0.25) is 0 Å². The molecule has 0 amide bonds. The summed E-state index contributed by atoms with van der Waals surface area (Å²) in [5, 5.41) is 11.7. The Balaban J connectivity index is 2.15. The zero-order valence-corrected chi connectivity index (χ0v) is 8.47. The average molecular weight is 182 g/mol. The van der Waals surface area contributed by atoms with E-state index < -0.39 is 0 Å². The summed E-state index contributed by atoms with van der Waals surface area (Å²) in [6.07, 6.45) is 3.22. The molecule has 0 aromatic carbocycles. The van der Waals surface area contributed by atoms with Gasteiger partial charge in [0, 0.05) is 18.4 Å². The van der Waals surface area contributed by atoms with E-state index in [9.17, 15) is 0 Å². The predicted molar refractivity (Wildman–Crippen MR) is 51.2 cm³/mol. The smallest absolute Gasteiger partial charge is 0.0671 e. The van der Waals surface area contributed by atoms with Gasteiger partial charge in [0.25, 0.3) is 0 Å². The highest BCUT2D eigenvalue weighted by Gasteiger charge is 2.42. The molecule has 0 spiro atoms. The van der Waals surface area contributed by atoms with Crippen LogP contribution in [0.3, 0.4) is 0 Å². The quantitative estimate of drug-likeness (QED) is 0.673. The number of likely N-dealkylation sites (N-methyl/N-ethyl adjacent to an activating group) is 1. The standard InChI is InChI=1S/C10H18N2O/c1-9(7-12-2)13-8-10(3-4-10)5-6-11/h9,12H,3-5,7-8H2,1-2H3. The van der Waals surface area contributed by atoms with E-state index in [2.05, 4.69) is 18.3 Å². The van der Waals surface area contributed by atoms with Gasteiger partial charge in [-0.05, 0) is 26.8 Å². The molecule has 0 bridgehead atoms. The number of rotatable bonds is 6. The van der Waals surface area contributed by atoms with Crippen molar-refractivity contribution < 1.29 is 4.74 Å². The molecule has 0 heterocycles. The highest BCUT2D eigenvalue weighted by Crippen LogP contribution is 2.48. The molecule has 0 aromatic heterocycles. The Morgan fingerprint density at radius 2 is 2.31 bits per heavy atom. The maximum Gasteiger partial charge on any atom is 0.0671 e. The summed E-state index contributed by atoms with van der Waals surface area (Å²) in [5.41, 5.74) is 0.219. The Labute approximate surface area is 80.1 Å². The molecule has 1 rings (SSSR count). The summed E-state index contributed by atoms with van der Waals surface area (Å²) in [5.74, 6) is 0. The Kier molecular flexibility index (Phi) is 3.71. The molecule has 1 atom stereocenters. The van der Waals surface area contributed by atoms with Gasteiger partial charge in [0.05, 0.1) is 18.8 Å². The summed E-state index contributed by atoms with van der Waals surface area (Å²) in [6, 6.07) is 2.23. The van der Waals surface area contributed by atoms with Crippen LogP contribution in [0.1, 0.15) is 26.2 Å². The molecule has 0 aromatic rings. The molecule has 1 aliphatic rings. The monoisotopic (exact) mass is 182 g/mol. The van der Waals surface area contributed by atoms with Gasteiger partial charge in [-0.3, -0.25) is 0 Å². The summed E-state index contributed by atoms with van der Waals surface area (Å²) in [7, 11) is 1.92. The van der Waals surface area contributed by atoms with Crippen molar-refractivity contribution >= 4 is 0 Å². The molecule has 1 aliphatic carbocycles. The lowest BCUT2D eigenvalue weighted by atomic mass is 10.1. The molecular weight excluding hydrogens is 164 g/mol. The minimum atomic E-state index is 0.219. The first-order chi connectivity index (χ1) is 6.22. The lowest BCUT2D eigenvalue weighted by Gasteiger charge is -2.16. The predicted octanol–water partition coefficient (Wildman–Crippen LogP) is 1.30. The number of nitrogens with zero attached hydrogens (tertiary/aromatic N) is 1. The Morgan fingerprint density at radius 1 is 1.62 bits per heavy atom. The van der Waals surface area contributed by atoms with E-state index >= 15 is 0 Å². The summed E-state index contributed by atoms with van der Waals surface area (Å²) in [4.78, 5) is 0. The van der Waals surface area contributed by atoms with Crippen LogP contribution in [0, 0.1) is 16.7 Å². The summed E-state index contributed by atoms with van der Waals surface area (Å²) >= 11 is 0. The largest absolute Gasteiger partial charge is 0.377 e. The third-order valence-electron chi connectivity index (χ3n) is 2.58. The van der Waals surface area contributed by atoms with E-state index in [4.69, 9.17) is 10.00 Å². The minimum absolute atomic E-state index is 0.219. The van der Waals surface area contributed by atoms with Gasteiger partial charge in [-0.15, -0.1) is 0 Å². The second-order valence-electron chi connectivity index (χ2n) is 4.01. The van der Waals surface area contributed by atoms with E-state index in [1.165, 1.54) is 0 Å². The highest BCUT2D eigenvalue weighted by molar-refractivity contribution is 4.99. The van der Waals surface area contributed by atoms with Crippen LogP contribution in [0.25, 0.3) is 0 Å². The van der Waals surface area contributed by atoms with Crippen LogP contribution in [0.4, 0.5) is 0 Å². The second-order valence-corrected chi connectivity index (χ2v) is 4.01. The first-order valence-electron chi connectivity index (χ1n) is 4.85. The molecule has 3 nitrogen and oxygen atoms in total. The maximum atomic E-state index is 8.59. The van der Waals surface area contributed by atoms with Crippen molar-refractivity contribution in [1.82, 2.24) is 5.32 Å². The molecule has 1 saturated carbocycles.